The van der Waals surface area contributed by atoms with Gasteiger partial charge in [-0.3, -0.25) is 10.2 Å². The highest BCUT2D eigenvalue weighted by molar-refractivity contribution is 7.99. The molecule has 78 valence electrons. The number of aromatic amines is 1. The number of nitrogens with zero attached hydrogens (tertiary/aromatic N) is 2. The first-order valence-electron chi connectivity index (χ1n) is 3.94. The van der Waals surface area contributed by atoms with E-state index in [1.54, 1.807) is 6.92 Å². The first-order chi connectivity index (χ1) is 6.63. The minimum Gasteiger partial charge on any atom is -0.368 e. The van der Waals surface area contributed by atoms with Crippen LogP contribution in [0.4, 0.5) is 5.95 Å². The van der Waals surface area contributed by atoms with Crippen LogP contribution in [0.1, 0.15) is 6.92 Å². The number of aromatic nitrogens is 3. The maximum Gasteiger partial charge on any atom is 0.237 e. The normalized spacial score (nSPS) is 12.4. The molecule has 0 aliphatic carbocycles. The summed E-state index contributed by atoms with van der Waals surface area (Å²) in [7, 11) is 0. The molecule has 1 aromatic heterocycles. The van der Waals surface area contributed by atoms with Crippen LogP contribution in [0.2, 0.25) is 0 Å². The van der Waals surface area contributed by atoms with Gasteiger partial charge in [0.15, 0.2) is 0 Å². The monoisotopic (exact) mass is 216 g/mol. The lowest BCUT2D eigenvalue weighted by Gasteiger charge is -2.06. The van der Waals surface area contributed by atoms with Gasteiger partial charge in [-0.1, -0.05) is 18.7 Å². The highest BCUT2D eigenvalue weighted by atomic mass is 32.2. The predicted molar refractivity (Wildman–Crippen MR) is 53.0 cm³/mol. The summed E-state index contributed by atoms with van der Waals surface area (Å²) in [5, 5.41) is 6.84. The van der Waals surface area contributed by atoms with E-state index in [0.29, 0.717) is 10.9 Å². The van der Waals surface area contributed by atoms with Crippen molar-refractivity contribution in [1.82, 2.24) is 20.6 Å². The van der Waals surface area contributed by atoms with Crippen molar-refractivity contribution in [1.29, 1.82) is 0 Å². The van der Waals surface area contributed by atoms with Crippen LogP contribution in [-0.4, -0.2) is 26.8 Å². The molecule has 0 fully saturated rings. The average Bonchev–Trinajstić information content (AvgIpc) is 2.59. The quantitative estimate of drug-likeness (QED) is 0.224. The van der Waals surface area contributed by atoms with Crippen LogP contribution in [0, 0.1) is 5.92 Å². The summed E-state index contributed by atoms with van der Waals surface area (Å²) < 4.78 is 0. The number of nitrogens with one attached hydrogen (secondary N) is 2. The molecule has 0 aromatic carbocycles. The number of carbonyl (C=O) groups is 1. The molecule has 1 heterocycles. The van der Waals surface area contributed by atoms with E-state index in [-0.39, 0.29) is 17.8 Å². The molecule has 0 bridgehead atoms. The van der Waals surface area contributed by atoms with E-state index in [1.165, 1.54) is 11.8 Å². The van der Waals surface area contributed by atoms with E-state index in [9.17, 15) is 4.79 Å². The fourth-order valence-corrected chi connectivity index (χ4v) is 1.56. The largest absolute Gasteiger partial charge is 0.368 e. The Balaban J connectivity index is 2.37. The van der Waals surface area contributed by atoms with E-state index < -0.39 is 0 Å². The zero-order chi connectivity index (χ0) is 10.6. The average molecular weight is 216 g/mol. The number of rotatable bonds is 4. The predicted octanol–water partition coefficient (Wildman–Crippen LogP) is -0.895. The first kappa shape index (κ1) is 10.8. The molecule has 0 radical (unpaired) electrons. The molecular formula is C6H12N6OS. The molecule has 0 aliphatic heterocycles. The van der Waals surface area contributed by atoms with Crippen LogP contribution in [-0.2, 0) is 4.79 Å². The minimum atomic E-state index is -0.207. The van der Waals surface area contributed by atoms with Gasteiger partial charge < -0.3 is 5.73 Å². The maximum atomic E-state index is 11.0. The Morgan fingerprint density at radius 1 is 1.79 bits per heavy atom. The SMILES string of the molecule is CC(CSc1n[nH]c(N)n1)C(=O)NN. The number of nitrogen functional groups attached to an aromatic ring is 1. The number of hydrogen-bond donors (Lipinski definition) is 4. The second kappa shape index (κ2) is 4.82. The second-order valence-corrected chi connectivity index (χ2v) is 3.71. The number of thioether (sulfide) groups is 1. The second-order valence-electron chi connectivity index (χ2n) is 2.72. The van der Waals surface area contributed by atoms with Gasteiger partial charge >= 0.3 is 0 Å². The minimum absolute atomic E-state index is 0.190. The fraction of sp³-hybridized carbons (Fsp3) is 0.500. The van der Waals surface area contributed by atoms with Crippen LogP contribution < -0.4 is 17.0 Å². The van der Waals surface area contributed by atoms with Crippen molar-refractivity contribution in [3.05, 3.63) is 0 Å². The van der Waals surface area contributed by atoms with Crippen molar-refractivity contribution in [2.45, 2.75) is 12.1 Å². The van der Waals surface area contributed by atoms with Crippen LogP contribution in [0.5, 0.6) is 0 Å². The standard InChI is InChI=1S/C6H12N6OS/c1-3(4(13)10-8)2-14-6-9-5(7)11-12-6/h3H,2,8H2,1H3,(H,10,13)(H3,7,9,11,12). The first-order valence-corrected chi connectivity index (χ1v) is 4.93. The number of nitrogens with two attached hydrogens (primary N) is 2. The van der Waals surface area contributed by atoms with Crippen molar-refractivity contribution < 1.29 is 4.79 Å². The Bertz CT molecular complexity index is 313. The molecule has 14 heavy (non-hydrogen) atoms. The molecule has 0 spiro atoms. The van der Waals surface area contributed by atoms with Crippen LogP contribution in [0.3, 0.4) is 0 Å². The van der Waals surface area contributed by atoms with Crippen LogP contribution in [0.25, 0.3) is 0 Å². The summed E-state index contributed by atoms with van der Waals surface area (Å²) in [6.07, 6.45) is 0. The Hall–Kier alpha value is -1.28. The Kier molecular flexibility index (Phi) is 3.72. The van der Waals surface area contributed by atoms with Gasteiger partial charge in [0.2, 0.25) is 17.0 Å². The molecule has 8 heteroatoms. The third-order valence-electron chi connectivity index (χ3n) is 1.53. The van der Waals surface area contributed by atoms with Gasteiger partial charge in [0.05, 0.1) is 0 Å². The van der Waals surface area contributed by atoms with E-state index in [4.69, 9.17) is 11.6 Å². The third kappa shape index (κ3) is 2.89. The zero-order valence-electron chi connectivity index (χ0n) is 7.65. The highest BCUT2D eigenvalue weighted by Crippen LogP contribution is 2.16. The molecule has 0 saturated carbocycles. The highest BCUT2D eigenvalue weighted by Gasteiger charge is 2.12. The smallest absolute Gasteiger partial charge is 0.237 e. The van der Waals surface area contributed by atoms with Crippen molar-refractivity contribution in [3.63, 3.8) is 0 Å². The molecule has 1 aromatic rings. The third-order valence-corrected chi connectivity index (χ3v) is 2.64. The molecule has 1 amide bonds. The van der Waals surface area contributed by atoms with Gasteiger partial charge in [-0.15, -0.1) is 5.10 Å². The summed E-state index contributed by atoms with van der Waals surface area (Å²) in [6.45, 7) is 1.77. The summed E-state index contributed by atoms with van der Waals surface area (Å²) >= 11 is 1.34. The van der Waals surface area contributed by atoms with E-state index >= 15 is 0 Å². The van der Waals surface area contributed by atoms with Crippen molar-refractivity contribution in [3.8, 4) is 0 Å². The lowest BCUT2D eigenvalue weighted by atomic mass is 10.2. The molecule has 6 N–H and O–H groups in total. The van der Waals surface area contributed by atoms with E-state index in [1.807, 2.05) is 0 Å². The molecule has 1 unspecified atom stereocenters. The number of hydrogen-bond acceptors (Lipinski definition) is 6. The zero-order valence-corrected chi connectivity index (χ0v) is 8.47. The van der Waals surface area contributed by atoms with Crippen molar-refractivity contribution in [2.75, 3.05) is 11.5 Å². The number of hydrazine groups is 1. The van der Waals surface area contributed by atoms with Gasteiger partial charge in [0, 0.05) is 11.7 Å². The van der Waals surface area contributed by atoms with Gasteiger partial charge in [-0.2, -0.15) is 4.98 Å². The van der Waals surface area contributed by atoms with Crippen LogP contribution >= 0.6 is 11.8 Å². The van der Waals surface area contributed by atoms with Gasteiger partial charge in [0.25, 0.3) is 0 Å². The van der Waals surface area contributed by atoms with Gasteiger partial charge in [-0.05, 0) is 0 Å². The summed E-state index contributed by atoms with van der Waals surface area (Å²) in [5.74, 6) is 5.41. The topological polar surface area (TPSA) is 123 Å². The van der Waals surface area contributed by atoms with Crippen molar-refractivity contribution in [2.24, 2.45) is 11.8 Å². The molecule has 1 rings (SSSR count). The Labute approximate surface area is 85.0 Å². The summed E-state index contributed by atoms with van der Waals surface area (Å²) in [4.78, 5) is 14.9. The lowest BCUT2D eigenvalue weighted by molar-refractivity contribution is -0.123. The van der Waals surface area contributed by atoms with Gasteiger partial charge in [-0.25, -0.2) is 10.9 Å². The molecular weight excluding hydrogens is 204 g/mol. The molecule has 1 atom stereocenters. The Morgan fingerprint density at radius 3 is 3.00 bits per heavy atom. The van der Waals surface area contributed by atoms with E-state index in [2.05, 4.69) is 20.6 Å². The number of anilines is 1. The number of amides is 1. The lowest BCUT2D eigenvalue weighted by Crippen LogP contribution is -2.35. The van der Waals surface area contributed by atoms with Crippen molar-refractivity contribution >= 4 is 23.6 Å². The number of carbonyl (C=O) groups excluding carboxylic acids is 1. The Morgan fingerprint density at radius 2 is 2.50 bits per heavy atom. The van der Waals surface area contributed by atoms with Crippen LogP contribution in [0.15, 0.2) is 5.16 Å². The summed E-state index contributed by atoms with van der Waals surface area (Å²) in [6, 6.07) is 0. The van der Waals surface area contributed by atoms with Gasteiger partial charge in [0.1, 0.15) is 0 Å². The number of H-pyrrole nitrogens is 1. The maximum absolute atomic E-state index is 11.0. The fourth-order valence-electron chi connectivity index (χ4n) is 0.740. The molecule has 0 saturated heterocycles. The molecule has 7 nitrogen and oxygen atoms in total. The molecule has 0 aliphatic rings. The van der Waals surface area contributed by atoms with E-state index in [0.717, 1.165) is 0 Å². The summed E-state index contributed by atoms with van der Waals surface area (Å²) in [5.41, 5.74) is 7.41.